The summed E-state index contributed by atoms with van der Waals surface area (Å²) in [4.78, 5) is 0. The molecule has 0 saturated heterocycles. The highest BCUT2D eigenvalue weighted by atomic mass is 14.0. The van der Waals surface area contributed by atoms with Crippen molar-refractivity contribution in [2.45, 2.75) is 128 Å². The molecule has 0 amide bonds. The molecule has 140 valence electrons. The first kappa shape index (κ1) is 21.5. The lowest BCUT2D eigenvalue weighted by molar-refractivity contribution is 0.566. The second-order valence-electron chi connectivity index (χ2n) is 7.75. The zero-order valence-electron chi connectivity index (χ0n) is 16.5. The molecular weight excluding hydrogens is 288 g/mol. The number of rotatable bonds is 0. The van der Waals surface area contributed by atoms with Crippen LogP contribution >= 0.6 is 0 Å². The molecule has 0 aromatic carbocycles. The minimum atomic E-state index is 1.31. The molecule has 0 atom stereocenters. The second kappa shape index (κ2) is 18.8. The normalized spacial score (nSPS) is 25.3. The summed E-state index contributed by atoms with van der Waals surface area (Å²) in [5.41, 5.74) is 0. The average Bonchev–Trinajstić information content (AvgIpc) is 2.59. The van der Waals surface area contributed by atoms with E-state index in [0.29, 0.717) is 0 Å². The first-order valence-electron chi connectivity index (χ1n) is 11.3. The summed E-state index contributed by atoms with van der Waals surface area (Å²) in [6, 6.07) is 0. The van der Waals surface area contributed by atoms with Gasteiger partial charge < -0.3 is 0 Å². The molecule has 1 rings (SSSR count). The van der Waals surface area contributed by atoms with Crippen LogP contribution in [0.2, 0.25) is 0 Å². The zero-order chi connectivity index (χ0) is 17.0. The van der Waals surface area contributed by atoms with Gasteiger partial charge in [0, 0.05) is 0 Å². The largest absolute Gasteiger partial charge is 0.0885 e. The number of hydrogen-bond donors (Lipinski definition) is 0. The molecule has 0 heterocycles. The molecule has 0 radical (unpaired) electrons. The van der Waals surface area contributed by atoms with Gasteiger partial charge in [-0.2, -0.15) is 0 Å². The summed E-state index contributed by atoms with van der Waals surface area (Å²) < 4.78 is 0. The van der Waals surface area contributed by atoms with Crippen molar-refractivity contribution in [3.8, 4) is 0 Å². The summed E-state index contributed by atoms with van der Waals surface area (Å²) in [7, 11) is 0. The van der Waals surface area contributed by atoms with Gasteiger partial charge in [0.2, 0.25) is 0 Å². The lowest BCUT2D eigenvalue weighted by Crippen LogP contribution is -1.82. The summed E-state index contributed by atoms with van der Waals surface area (Å²) in [6.45, 7) is 0. The highest BCUT2D eigenvalue weighted by Crippen LogP contribution is 2.13. The van der Waals surface area contributed by atoms with E-state index in [2.05, 4.69) is 24.3 Å². The molecule has 1 aliphatic carbocycles. The van der Waals surface area contributed by atoms with Gasteiger partial charge in [-0.15, -0.1) is 0 Å². The van der Waals surface area contributed by atoms with Crippen LogP contribution in [0.5, 0.6) is 0 Å². The quantitative estimate of drug-likeness (QED) is 0.388. The Morgan fingerprint density at radius 2 is 0.375 bits per heavy atom. The topological polar surface area (TPSA) is 0 Å². The van der Waals surface area contributed by atoms with Gasteiger partial charge in [-0.25, -0.2) is 0 Å². The average molecular weight is 333 g/mol. The van der Waals surface area contributed by atoms with E-state index in [-0.39, 0.29) is 0 Å². The van der Waals surface area contributed by atoms with Crippen molar-refractivity contribution in [2.24, 2.45) is 0 Å². The molecule has 0 spiro atoms. The van der Waals surface area contributed by atoms with Gasteiger partial charge >= 0.3 is 0 Å². The van der Waals surface area contributed by atoms with Crippen molar-refractivity contribution in [1.82, 2.24) is 0 Å². The van der Waals surface area contributed by atoms with Crippen molar-refractivity contribution in [3.63, 3.8) is 0 Å². The van der Waals surface area contributed by atoms with E-state index in [1.165, 1.54) is 128 Å². The molecule has 0 nitrogen and oxygen atoms in total. The monoisotopic (exact) mass is 332 g/mol. The summed E-state index contributed by atoms with van der Waals surface area (Å²) in [5, 5.41) is 0. The van der Waals surface area contributed by atoms with Crippen LogP contribution in [0.25, 0.3) is 0 Å². The van der Waals surface area contributed by atoms with Gasteiger partial charge in [0.1, 0.15) is 0 Å². The highest BCUT2D eigenvalue weighted by Gasteiger charge is 1.93. The Balaban J connectivity index is 2.09. The van der Waals surface area contributed by atoms with Gasteiger partial charge in [-0.05, 0) is 51.4 Å². The Hall–Kier alpha value is -0.520. The molecule has 24 heavy (non-hydrogen) atoms. The van der Waals surface area contributed by atoms with E-state index in [1.54, 1.807) is 0 Å². The molecule has 0 N–H and O–H groups in total. The van der Waals surface area contributed by atoms with Crippen LogP contribution in [0.15, 0.2) is 24.3 Å². The Morgan fingerprint density at radius 3 is 0.583 bits per heavy atom. The fourth-order valence-corrected chi connectivity index (χ4v) is 3.64. The predicted octanol–water partition coefficient (Wildman–Crippen LogP) is 8.91. The molecule has 0 fully saturated rings. The molecule has 0 aromatic rings. The van der Waals surface area contributed by atoms with E-state index >= 15 is 0 Å². The third-order valence-corrected chi connectivity index (χ3v) is 5.32. The Morgan fingerprint density at radius 1 is 0.208 bits per heavy atom. The van der Waals surface area contributed by atoms with Crippen molar-refractivity contribution < 1.29 is 0 Å². The lowest BCUT2D eigenvalue weighted by Gasteiger charge is -2.02. The van der Waals surface area contributed by atoms with E-state index in [4.69, 9.17) is 0 Å². The fraction of sp³-hybridized carbons (Fsp3) is 0.833. The Labute approximate surface area is 153 Å². The van der Waals surface area contributed by atoms with Crippen LogP contribution in [0.4, 0.5) is 0 Å². The maximum absolute atomic E-state index is 2.44. The molecule has 0 saturated carbocycles. The smallest absolute Gasteiger partial charge is 0.0351 e. The first-order valence-corrected chi connectivity index (χ1v) is 11.3. The van der Waals surface area contributed by atoms with E-state index in [9.17, 15) is 0 Å². The van der Waals surface area contributed by atoms with E-state index in [0.717, 1.165) is 0 Å². The number of hydrogen-bond acceptors (Lipinski definition) is 0. The second-order valence-corrected chi connectivity index (χ2v) is 7.75. The molecular formula is C24H44. The van der Waals surface area contributed by atoms with Crippen LogP contribution in [-0.2, 0) is 0 Å². The molecule has 0 heteroatoms. The van der Waals surface area contributed by atoms with Gasteiger partial charge in [0.15, 0.2) is 0 Å². The van der Waals surface area contributed by atoms with Crippen LogP contribution < -0.4 is 0 Å². The minimum absolute atomic E-state index is 1.31. The van der Waals surface area contributed by atoms with Crippen LogP contribution in [-0.4, -0.2) is 0 Å². The van der Waals surface area contributed by atoms with E-state index < -0.39 is 0 Å². The Kier molecular flexibility index (Phi) is 16.9. The summed E-state index contributed by atoms with van der Waals surface area (Å²) in [5.74, 6) is 0. The zero-order valence-corrected chi connectivity index (χ0v) is 16.5. The first-order chi connectivity index (χ1) is 12.0. The minimum Gasteiger partial charge on any atom is -0.0885 e. The van der Waals surface area contributed by atoms with Gasteiger partial charge in [0.05, 0.1) is 0 Å². The summed E-state index contributed by atoms with van der Waals surface area (Å²) >= 11 is 0. The predicted molar refractivity (Wildman–Crippen MR) is 111 cm³/mol. The highest BCUT2D eigenvalue weighted by molar-refractivity contribution is 4.82. The third-order valence-electron chi connectivity index (χ3n) is 5.32. The SMILES string of the molecule is C1=C\CCCCCCCCCC/C=C/CCCCCCCCCC/1. The maximum atomic E-state index is 2.44. The Bertz CT molecular complexity index is 228. The molecule has 0 aromatic heterocycles. The standard InChI is InChI=1S/C24H44/c1-2-4-6-8-10-12-14-16-18-20-22-24-23-21-19-17-15-13-11-9-7-5-3-1/h1-2,23-24H,3-22H2/b2-1-,24-23+. The number of allylic oxidation sites excluding steroid dienone is 4. The van der Waals surface area contributed by atoms with Crippen molar-refractivity contribution in [3.05, 3.63) is 24.3 Å². The van der Waals surface area contributed by atoms with Crippen molar-refractivity contribution in [2.75, 3.05) is 0 Å². The summed E-state index contributed by atoms with van der Waals surface area (Å²) in [6.07, 6.45) is 38.0. The van der Waals surface area contributed by atoms with Crippen molar-refractivity contribution >= 4 is 0 Å². The van der Waals surface area contributed by atoms with Crippen LogP contribution in [0.3, 0.4) is 0 Å². The molecule has 0 bridgehead atoms. The van der Waals surface area contributed by atoms with Gasteiger partial charge in [-0.1, -0.05) is 101 Å². The molecule has 0 unspecified atom stereocenters. The van der Waals surface area contributed by atoms with Crippen LogP contribution in [0, 0.1) is 0 Å². The van der Waals surface area contributed by atoms with Gasteiger partial charge in [0.25, 0.3) is 0 Å². The maximum Gasteiger partial charge on any atom is -0.0351 e. The molecule has 1 aliphatic rings. The lowest BCUT2D eigenvalue weighted by atomic mass is 10.0. The third kappa shape index (κ3) is 16.3. The van der Waals surface area contributed by atoms with Gasteiger partial charge in [-0.3, -0.25) is 0 Å². The van der Waals surface area contributed by atoms with Crippen molar-refractivity contribution in [1.29, 1.82) is 0 Å². The van der Waals surface area contributed by atoms with Crippen LogP contribution in [0.1, 0.15) is 128 Å². The molecule has 0 aliphatic heterocycles. The van der Waals surface area contributed by atoms with E-state index in [1.807, 2.05) is 0 Å². The fourth-order valence-electron chi connectivity index (χ4n) is 3.64.